The van der Waals surface area contributed by atoms with Gasteiger partial charge in [-0.1, -0.05) is 57.0 Å². The highest BCUT2D eigenvalue weighted by molar-refractivity contribution is 5.85. The highest BCUT2D eigenvalue weighted by Crippen LogP contribution is 2.29. The average Bonchev–Trinajstić information content (AvgIpc) is 2.51. The first-order valence-corrected chi connectivity index (χ1v) is 8.16. The van der Waals surface area contributed by atoms with Crippen LogP contribution >= 0.6 is 0 Å². The molecule has 0 saturated heterocycles. The van der Waals surface area contributed by atoms with E-state index >= 15 is 0 Å². The van der Waals surface area contributed by atoms with Crippen LogP contribution in [-0.4, -0.2) is 24.4 Å². The summed E-state index contributed by atoms with van der Waals surface area (Å²) >= 11 is 0. The maximum Gasteiger partial charge on any atom is 0.239 e. The molecule has 2 N–H and O–H groups in total. The van der Waals surface area contributed by atoms with Gasteiger partial charge >= 0.3 is 0 Å². The highest BCUT2D eigenvalue weighted by Gasteiger charge is 2.27. The van der Waals surface area contributed by atoms with E-state index in [4.69, 9.17) is 0 Å². The molecule has 0 aromatic heterocycles. The van der Waals surface area contributed by atoms with Gasteiger partial charge in [-0.3, -0.25) is 9.59 Å². The lowest BCUT2D eigenvalue weighted by atomic mass is 9.78. The molecule has 2 amide bonds. The average molecular weight is 302 g/mol. The molecule has 1 aromatic rings. The zero-order chi connectivity index (χ0) is 15.9. The van der Waals surface area contributed by atoms with Crippen molar-refractivity contribution < 1.29 is 9.59 Å². The van der Waals surface area contributed by atoms with Gasteiger partial charge in [0.2, 0.25) is 11.8 Å². The van der Waals surface area contributed by atoms with Crippen LogP contribution in [0.3, 0.4) is 0 Å². The largest absolute Gasteiger partial charge is 0.352 e. The Morgan fingerprint density at radius 1 is 1.09 bits per heavy atom. The van der Waals surface area contributed by atoms with Crippen molar-refractivity contribution in [1.82, 2.24) is 10.6 Å². The topological polar surface area (TPSA) is 58.2 Å². The van der Waals surface area contributed by atoms with Gasteiger partial charge in [-0.05, 0) is 23.8 Å². The van der Waals surface area contributed by atoms with Gasteiger partial charge in [0, 0.05) is 6.04 Å². The van der Waals surface area contributed by atoms with Gasteiger partial charge in [-0.25, -0.2) is 0 Å². The SMILES string of the molecule is C[C@@H]1[C@H](C)CCC[C@H]1NC(=O)CNC(=O)Cc1ccccc1. The summed E-state index contributed by atoms with van der Waals surface area (Å²) in [5, 5.41) is 5.76. The lowest BCUT2D eigenvalue weighted by molar-refractivity contribution is -0.126. The van der Waals surface area contributed by atoms with Gasteiger partial charge in [0.05, 0.1) is 13.0 Å². The molecule has 120 valence electrons. The summed E-state index contributed by atoms with van der Waals surface area (Å²) in [5.41, 5.74) is 0.954. The molecule has 0 bridgehead atoms. The fourth-order valence-electron chi connectivity index (χ4n) is 3.07. The maximum atomic E-state index is 12.0. The van der Waals surface area contributed by atoms with Crippen LogP contribution < -0.4 is 10.6 Å². The van der Waals surface area contributed by atoms with Gasteiger partial charge in [0.1, 0.15) is 0 Å². The monoisotopic (exact) mass is 302 g/mol. The van der Waals surface area contributed by atoms with E-state index in [0.29, 0.717) is 18.3 Å². The summed E-state index contributed by atoms with van der Waals surface area (Å²) in [4.78, 5) is 23.8. The first kappa shape index (κ1) is 16.5. The summed E-state index contributed by atoms with van der Waals surface area (Å²) in [5.74, 6) is 0.934. The van der Waals surface area contributed by atoms with Crippen LogP contribution in [0.15, 0.2) is 30.3 Å². The van der Waals surface area contributed by atoms with Crippen LogP contribution in [-0.2, 0) is 16.0 Å². The smallest absolute Gasteiger partial charge is 0.239 e. The summed E-state index contributed by atoms with van der Waals surface area (Å²) in [6.45, 7) is 4.50. The molecule has 4 heteroatoms. The Morgan fingerprint density at radius 3 is 2.55 bits per heavy atom. The predicted molar refractivity (Wildman–Crippen MR) is 87.3 cm³/mol. The number of rotatable bonds is 5. The molecule has 0 unspecified atom stereocenters. The molecule has 1 aliphatic carbocycles. The van der Waals surface area contributed by atoms with E-state index in [2.05, 4.69) is 24.5 Å². The zero-order valence-corrected chi connectivity index (χ0v) is 13.5. The maximum absolute atomic E-state index is 12.0. The fraction of sp³-hybridized carbons (Fsp3) is 0.556. The van der Waals surface area contributed by atoms with Crippen molar-refractivity contribution in [2.24, 2.45) is 11.8 Å². The molecule has 3 atom stereocenters. The van der Waals surface area contributed by atoms with Gasteiger partial charge in [0.25, 0.3) is 0 Å². The van der Waals surface area contributed by atoms with Crippen molar-refractivity contribution in [2.45, 2.75) is 45.6 Å². The molecular weight excluding hydrogens is 276 g/mol. The van der Waals surface area contributed by atoms with Crippen molar-refractivity contribution in [1.29, 1.82) is 0 Å². The van der Waals surface area contributed by atoms with E-state index in [1.165, 1.54) is 6.42 Å². The Bertz CT molecular complexity index is 501. The first-order valence-electron chi connectivity index (χ1n) is 8.16. The Labute approximate surface area is 132 Å². The van der Waals surface area contributed by atoms with Crippen molar-refractivity contribution >= 4 is 11.8 Å². The lowest BCUT2D eigenvalue weighted by Crippen LogP contribution is -2.47. The number of carbonyl (C=O) groups excluding carboxylic acids is 2. The number of carbonyl (C=O) groups is 2. The lowest BCUT2D eigenvalue weighted by Gasteiger charge is -2.34. The number of hydrogen-bond acceptors (Lipinski definition) is 2. The zero-order valence-electron chi connectivity index (χ0n) is 13.5. The molecule has 0 radical (unpaired) electrons. The van der Waals surface area contributed by atoms with Crippen molar-refractivity contribution in [2.75, 3.05) is 6.54 Å². The van der Waals surface area contributed by atoms with Gasteiger partial charge < -0.3 is 10.6 Å². The molecule has 0 heterocycles. The number of benzene rings is 1. The van der Waals surface area contributed by atoms with Crippen LogP contribution in [0, 0.1) is 11.8 Å². The molecule has 0 aliphatic heterocycles. The summed E-state index contributed by atoms with van der Waals surface area (Å²) in [6, 6.07) is 9.78. The van der Waals surface area contributed by atoms with Gasteiger partial charge in [-0.15, -0.1) is 0 Å². The second-order valence-corrected chi connectivity index (χ2v) is 6.38. The Balaban J connectivity index is 1.72. The Kier molecular flexibility index (Phi) is 5.99. The van der Waals surface area contributed by atoms with E-state index in [1.807, 2.05) is 30.3 Å². The third-order valence-electron chi connectivity index (χ3n) is 4.71. The molecule has 0 spiro atoms. The second-order valence-electron chi connectivity index (χ2n) is 6.38. The minimum absolute atomic E-state index is 0.0588. The van der Waals surface area contributed by atoms with Crippen LogP contribution in [0.25, 0.3) is 0 Å². The summed E-state index contributed by atoms with van der Waals surface area (Å²) < 4.78 is 0. The van der Waals surface area contributed by atoms with E-state index in [9.17, 15) is 9.59 Å². The molecule has 4 nitrogen and oxygen atoms in total. The minimum atomic E-state index is -0.119. The molecule has 1 aliphatic rings. The molecule has 1 aromatic carbocycles. The number of amides is 2. The van der Waals surface area contributed by atoms with E-state index < -0.39 is 0 Å². The van der Waals surface area contributed by atoms with Crippen LogP contribution in [0.4, 0.5) is 0 Å². The van der Waals surface area contributed by atoms with Gasteiger partial charge in [0.15, 0.2) is 0 Å². The van der Waals surface area contributed by atoms with Crippen LogP contribution in [0.1, 0.15) is 38.7 Å². The summed E-state index contributed by atoms with van der Waals surface area (Å²) in [6.07, 6.45) is 3.75. The van der Waals surface area contributed by atoms with E-state index in [0.717, 1.165) is 18.4 Å². The quantitative estimate of drug-likeness (QED) is 0.877. The van der Waals surface area contributed by atoms with Crippen molar-refractivity contribution in [3.05, 3.63) is 35.9 Å². The molecular formula is C18H26N2O2. The van der Waals surface area contributed by atoms with E-state index in [1.54, 1.807) is 0 Å². The van der Waals surface area contributed by atoms with Crippen LogP contribution in [0.2, 0.25) is 0 Å². The third-order valence-corrected chi connectivity index (χ3v) is 4.71. The predicted octanol–water partition coefficient (Wildman–Crippen LogP) is 2.29. The Morgan fingerprint density at radius 2 is 1.82 bits per heavy atom. The Hall–Kier alpha value is -1.84. The third kappa shape index (κ3) is 4.86. The first-order chi connectivity index (χ1) is 10.6. The molecule has 2 rings (SSSR count). The van der Waals surface area contributed by atoms with E-state index in [-0.39, 0.29) is 24.4 Å². The standard InChI is InChI=1S/C18H26N2O2/c1-13-7-6-10-16(14(13)2)20-18(22)12-19-17(21)11-15-8-4-3-5-9-15/h3-5,8-9,13-14,16H,6-7,10-12H2,1-2H3,(H,19,21)(H,20,22)/t13-,14-,16-/m1/s1. The highest BCUT2D eigenvalue weighted by atomic mass is 16.2. The van der Waals surface area contributed by atoms with Crippen LogP contribution in [0.5, 0.6) is 0 Å². The molecule has 22 heavy (non-hydrogen) atoms. The van der Waals surface area contributed by atoms with Gasteiger partial charge in [-0.2, -0.15) is 0 Å². The number of nitrogens with one attached hydrogen (secondary N) is 2. The normalized spacial score (nSPS) is 24.5. The minimum Gasteiger partial charge on any atom is -0.352 e. The second kappa shape index (κ2) is 7.97. The van der Waals surface area contributed by atoms with Crippen molar-refractivity contribution in [3.8, 4) is 0 Å². The summed E-state index contributed by atoms with van der Waals surface area (Å²) in [7, 11) is 0. The fourth-order valence-corrected chi connectivity index (χ4v) is 3.07. The molecule has 1 saturated carbocycles. The molecule has 1 fully saturated rings. The van der Waals surface area contributed by atoms with Crippen molar-refractivity contribution in [3.63, 3.8) is 0 Å². The number of hydrogen-bond donors (Lipinski definition) is 2.